The van der Waals surface area contributed by atoms with Crippen LogP contribution in [-0.4, -0.2) is 24.4 Å². The van der Waals surface area contributed by atoms with E-state index in [-0.39, 0.29) is 5.91 Å². The van der Waals surface area contributed by atoms with Crippen molar-refractivity contribution in [3.05, 3.63) is 24.2 Å². The second kappa shape index (κ2) is 7.12. The third kappa shape index (κ3) is 5.04. The Hall–Kier alpha value is -1.29. The van der Waals surface area contributed by atoms with Gasteiger partial charge in [0.25, 0.3) is 0 Å². The third-order valence-corrected chi connectivity index (χ3v) is 2.94. The number of nitrogens with zero attached hydrogens (tertiary/aromatic N) is 1. The minimum atomic E-state index is 0.176. The summed E-state index contributed by atoms with van der Waals surface area (Å²) in [5.41, 5.74) is 6.50. The van der Waals surface area contributed by atoms with Gasteiger partial charge in [0.15, 0.2) is 0 Å². The van der Waals surface area contributed by atoms with Crippen molar-refractivity contribution >= 4 is 5.91 Å². The molecule has 2 N–H and O–H groups in total. The lowest BCUT2D eigenvalue weighted by Crippen LogP contribution is -2.26. The molecule has 1 amide bonds. The van der Waals surface area contributed by atoms with Crippen molar-refractivity contribution in [3.8, 4) is 0 Å². The molecule has 0 aliphatic carbocycles. The molecule has 96 valence electrons. The summed E-state index contributed by atoms with van der Waals surface area (Å²) >= 11 is 0. The van der Waals surface area contributed by atoms with Crippen LogP contribution in [0.4, 0.5) is 0 Å². The molecule has 1 atom stereocenters. The highest BCUT2D eigenvalue weighted by molar-refractivity contribution is 5.75. The Labute approximate surface area is 103 Å². The van der Waals surface area contributed by atoms with Gasteiger partial charge in [0.1, 0.15) is 0 Å². The smallest absolute Gasteiger partial charge is 0.222 e. The number of furan rings is 1. The molecule has 4 nitrogen and oxygen atoms in total. The van der Waals surface area contributed by atoms with Crippen LogP contribution in [0.2, 0.25) is 0 Å². The minimum absolute atomic E-state index is 0.176. The Morgan fingerprint density at radius 3 is 2.88 bits per heavy atom. The van der Waals surface area contributed by atoms with Gasteiger partial charge in [-0.1, -0.05) is 6.92 Å². The van der Waals surface area contributed by atoms with Crippen molar-refractivity contribution in [2.45, 2.75) is 32.7 Å². The SMILES string of the molecule is CC(CCN)CCC(=O)N(C)Cc1ccoc1. The molecule has 17 heavy (non-hydrogen) atoms. The Morgan fingerprint density at radius 1 is 1.53 bits per heavy atom. The second-order valence-corrected chi connectivity index (χ2v) is 4.60. The molecule has 0 saturated carbocycles. The van der Waals surface area contributed by atoms with Crippen molar-refractivity contribution in [3.63, 3.8) is 0 Å². The first kappa shape index (κ1) is 13.8. The summed E-state index contributed by atoms with van der Waals surface area (Å²) in [5.74, 6) is 0.696. The van der Waals surface area contributed by atoms with Gasteiger partial charge in [-0.3, -0.25) is 4.79 Å². The first-order chi connectivity index (χ1) is 8.13. The molecule has 0 fully saturated rings. The van der Waals surface area contributed by atoms with Crippen molar-refractivity contribution in [1.82, 2.24) is 4.90 Å². The van der Waals surface area contributed by atoms with Crippen molar-refractivity contribution in [1.29, 1.82) is 0 Å². The maximum absolute atomic E-state index is 11.8. The van der Waals surface area contributed by atoms with Crippen molar-refractivity contribution in [2.24, 2.45) is 11.7 Å². The van der Waals surface area contributed by atoms with Crippen LogP contribution >= 0.6 is 0 Å². The molecule has 1 unspecified atom stereocenters. The highest BCUT2D eigenvalue weighted by Crippen LogP contribution is 2.11. The predicted octanol–water partition coefficient (Wildman–Crippen LogP) is 2.00. The van der Waals surface area contributed by atoms with Gasteiger partial charge in [0.2, 0.25) is 5.91 Å². The first-order valence-corrected chi connectivity index (χ1v) is 6.08. The molecule has 0 bridgehead atoms. The van der Waals surface area contributed by atoms with Gasteiger partial charge < -0.3 is 15.1 Å². The number of hydrogen-bond acceptors (Lipinski definition) is 3. The van der Waals surface area contributed by atoms with E-state index in [0.29, 0.717) is 25.4 Å². The zero-order valence-electron chi connectivity index (χ0n) is 10.7. The van der Waals surface area contributed by atoms with Gasteiger partial charge >= 0.3 is 0 Å². The maximum atomic E-state index is 11.8. The molecule has 0 aromatic carbocycles. The molecule has 0 aliphatic heterocycles. The average Bonchev–Trinajstić information content (AvgIpc) is 2.79. The van der Waals surface area contributed by atoms with Crippen LogP contribution in [-0.2, 0) is 11.3 Å². The predicted molar refractivity (Wildman–Crippen MR) is 67.3 cm³/mol. The summed E-state index contributed by atoms with van der Waals surface area (Å²) < 4.78 is 4.97. The molecule has 1 rings (SSSR count). The average molecular weight is 238 g/mol. The molecule has 1 aromatic heterocycles. The Balaban J connectivity index is 2.27. The number of rotatable bonds is 7. The monoisotopic (exact) mass is 238 g/mol. The zero-order chi connectivity index (χ0) is 12.7. The van der Waals surface area contributed by atoms with E-state index in [2.05, 4.69) is 6.92 Å². The minimum Gasteiger partial charge on any atom is -0.472 e. The Morgan fingerprint density at radius 2 is 2.29 bits per heavy atom. The van der Waals surface area contributed by atoms with Crippen LogP contribution < -0.4 is 5.73 Å². The fourth-order valence-electron chi connectivity index (χ4n) is 1.73. The summed E-state index contributed by atoms with van der Waals surface area (Å²) in [5, 5.41) is 0. The fraction of sp³-hybridized carbons (Fsp3) is 0.615. The molecule has 1 aromatic rings. The number of amides is 1. The fourth-order valence-corrected chi connectivity index (χ4v) is 1.73. The topological polar surface area (TPSA) is 59.5 Å². The van der Waals surface area contributed by atoms with E-state index in [9.17, 15) is 4.79 Å². The van der Waals surface area contributed by atoms with Gasteiger partial charge in [-0.05, 0) is 31.4 Å². The molecular weight excluding hydrogens is 216 g/mol. The number of carbonyl (C=O) groups is 1. The van der Waals surface area contributed by atoms with Crippen molar-refractivity contribution in [2.75, 3.05) is 13.6 Å². The van der Waals surface area contributed by atoms with E-state index < -0.39 is 0 Å². The van der Waals surface area contributed by atoms with Gasteiger partial charge in [0.05, 0.1) is 12.5 Å². The van der Waals surface area contributed by atoms with Gasteiger partial charge in [-0.15, -0.1) is 0 Å². The van der Waals surface area contributed by atoms with E-state index in [0.717, 1.165) is 18.4 Å². The van der Waals surface area contributed by atoms with Crippen molar-refractivity contribution < 1.29 is 9.21 Å². The van der Waals surface area contributed by atoms with Crippen LogP contribution in [0.5, 0.6) is 0 Å². The third-order valence-electron chi connectivity index (χ3n) is 2.94. The number of nitrogens with two attached hydrogens (primary N) is 1. The first-order valence-electron chi connectivity index (χ1n) is 6.08. The van der Waals surface area contributed by atoms with Crippen LogP contribution in [0.25, 0.3) is 0 Å². The van der Waals surface area contributed by atoms with E-state index >= 15 is 0 Å². The summed E-state index contributed by atoms with van der Waals surface area (Å²) in [7, 11) is 1.82. The molecule has 0 radical (unpaired) electrons. The summed E-state index contributed by atoms with van der Waals surface area (Å²) in [6, 6.07) is 1.88. The largest absolute Gasteiger partial charge is 0.472 e. The standard InChI is InChI=1S/C13H22N2O2/c1-11(5-7-14)3-4-13(16)15(2)9-12-6-8-17-10-12/h6,8,10-11H,3-5,7,9,14H2,1-2H3. The van der Waals surface area contributed by atoms with Gasteiger partial charge in [-0.25, -0.2) is 0 Å². The van der Waals surface area contributed by atoms with E-state index in [1.165, 1.54) is 0 Å². The lowest BCUT2D eigenvalue weighted by molar-refractivity contribution is -0.130. The Kier molecular flexibility index (Phi) is 5.77. The number of hydrogen-bond donors (Lipinski definition) is 1. The zero-order valence-corrected chi connectivity index (χ0v) is 10.7. The van der Waals surface area contributed by atoms with E-state index in [1.807, 2.05) is 13.1 Å². The van der Waals surface area contributed by atoms with Crippen LogP contribution in [0.1, 0.15) is 31.7 Å². The highest BCUT2D eigenvalue weighted by Gasteiger charge is 2.11. The molecular formula is C13H22N2O2. The lowest BCUT2D eigenvalue weighted by atomic mass is 10.0. The summed E-state index contributed by atoms with van der Waals surface area (Å²) in [6.45, 7) is 3.44. The van der Waals surface area contributed by atoms with Crippen LogP contribution in [0.15, 0.2) is 23.0 Å². The van der Waals surface area contributed by atoms with E-state index in [4.69, 9.17) is 10.2 Å². The van der Waals surface area contributed by atoms with Crippen LogP contribution in [0, 0.1) is 5.92 Å². The lowest BCUT2D eigenvalue weighted by Gasteiger charge is -2.17. The quantitative estimate of drug-likeness (QED) is 0.790. The summed E-state index contributed by atoms with van der Waals surface area (Å²) in [4.78, 5) is 13.6. The molecule has 0 spiro atoms. The number of carbonyl (C=O) groups excluding carboxylic acids is 1. The molecule has 0 saturated heterocycles. The summed E-state index contributed by atoms with van der Waals surface area (Å²) in [6.07, 6.45) is 5.78. The molecule has 0 aliphatic rings. The van der Waals surface area contributed by atoms with Gasteiger partial charge in [0, 0.05) is 25.6 Å². The second-order valence-electron chi connectivity index (χ2n) is 4.60. The maximum Gasteiger partial charge on any atom is 0.222 e. The van der Waals surface area contributed by atoms with Gasteiger partial charge in [-0.2, -0.15) is 0 Å². The van der Waals surface area contributed by atoms with E-state index in [1.54, 1.807) is 17.4 Å². The highest BCUT2D eigenvalue weighted by atomic mass is 16.3. The Bertz CT molecular complexity index is 322. The molecule has 4 heteroatoms. The van der Waals surface area contributed by atoms with Crippen LogP contribution in [0.3, 0.4) is 0 Å². The molecule has 1 heterocycles. The normalized spacial score (nSPS) is 12.4.